The van der Waals surface area contributed by atoms with Crippen LogP contribution in [-0.2, 0) is 13.0 Å². The summed E-state index contributed by atoms with van der Waals surface area (Å²) >= 11 is 0. The van der Waals surface area contributed by atoms with Crippen LogP contribution in [0.25, 0.3) is 11.4 Å². The van der Waals surface area contributed by atoms with Crippen LogP contribution in [0.3, 0.4) is 0 Å². The highest BCUT2D eigenvalue weighted by molar-refractivity contribution is 6.05. The van der Waals surface area contributed by atoms with Gasteiger partial charge in [-0.15, -0.1) is 10.2 Å². The van der Waals surface area contributed by atoms with Gasteiger partial charge >= 0.3 is 0 Å². The average molecular weight is 365 g/mol. The highest BCUT2D eigenvalue weighted by Gasteiger charge is 2.19. The molecule has 1 aliphatic rings. The van der Waals surface area contributed by atoms with Gasteiger partial charge in [0.2, 0.25) is 0 Å². The molecule has 0 unspecified atom stereocenters. The lowest BCUT2D eigenvalue weighted by Gasteiger charge is -2.11. The summed E-state index contributed by atoms with van der Waals surface area (Å²) in [5.41, 5.74) is 7.50. The van der Waals surface area contributed by atoms with E-state index >= 15 is 0 Å². The third-order valence-corrected chi connectivity index (χ3v) is 4.72. The normalized spacial score (nSPS) is 13.7. The molecule has 2 aromatic carbocycles. The van der Waals surface area contributed by atoms with E-state index < -0.39 is 5.82 Å². The lowest BCUT2D eigenvalue weighted by molar-refractivity contribution is 0.102. The summed E-state index contributed by atoms with van der Waals surface area (Å²) in [6, 6.07) is 11.2. The first-order valence-corrected chi connectivity index (χ1v) is 9.01. The van der Waals surface area contributed by atoms with E-state index in [0.717, 1.165) is 38.1 Å². The van der Waals surface area contributed by atoms with Crippen LogP contribution in [0.15, 0.2) is 42.5 Å². The number of carbonyl (C=O) groups is 1. The number of benzene rings is 2. The van der Waals surface area contributed by atoms with Crippen molar-refractivity contribution in [1.82, 2.24) is 14.8 Å². The molecule has 138 valence electrons. The second kappa shape index (κ2) is 7.19. The molecule has 0 fully saturated rings. The molecule has 0 atom stereocenters. The predicted molar refractivity (Wildman–Crippen MR) is 102 cm³/mol. The van der Waals surface area contributed by atoms with E-state index in [1.165, 1.54) is 12.1 Å². The minimum absolute atomic E-state index is 0.306. The number of hydrogen-bond donors (Lipinski definition) is 2. The fourth-order valence-electron chi connectivity index (χ4n) is 3.34. The van der Waals surface area contributed by atoms with Crippen molar-refractivity contribution in [1.29, 1.82) is 0 Å². The van der Waals surface area contributed by atoms with E-state index in [-0.39, 0.29) is 5.91 Å². The van der Waals surface area contributed by atoms with Crippen LogP contribution in [0.4, 0.5) is 15.8 Å². The lowest BCUT2D eigenvalue weighted by Crippen LogP contribution is -2.12. The Hall–Kier alpha value is -3.22. The molecule has 27 heavy (non-hydrogen) atoms. The number of hydrogen-bond acceptors (Lipinski definition) is 4. The first kappa shape index (κ1) is 17.2. The molecule has 1 aliphatic heterocycles. The Bertz CT molecular complexity index is 998. The molecule has 3 N–H and O–H groups in total. The predicted octanol–water partition coefficient (Wildman–Crippen LogP) is 3.65. The summed E-state index contributed by atoms with van der Waals surface area (Å²) < 4.78 is 16.5. The molecule has 0 bridgehead atoms. The largest absolute Gasteiger partial charge is 0.399 e. The maximum Gasteiger partial charge on any atom is 0.255 e. The Morgan fingerprint density at radius 3 is 2.85 bits per heavy atom. The Labute approximate surface area is 156 Å². The first-order chi connectivity index (χ1) is 13.1. The van der Waals surface area contributed by atoms with Crippen molar-refractivity contribution in [2.75, 3.05) is 11.1 Å². The maximum atomic E-state index is 14.5. The number of nitrogens with two attached hydrogens (primary N) is 1. The van der Waals surface area contributed by atoms with Gasteiger partial charge in [-0.2, -0.15) is 0 Å². The third kappa shape index (κ3) is 3.53. The molecule has 0 spiro atoms. The van der Waals surface area contributed by atoms with Gasteiger partial charge in [0.05, 0.1) is 5.56 Å². The molecule has 0 aliphatic carbocycles. The van der Waals surface area contributed by atoms with Gasteiger partial charge < -0.3 is 15.6 Å². The van der Waals surface area contributed by atoms with Gasteiger partial charge in [-0.25, -0.2) is 4.39 Å². The van der Waals surface area contributed by atoms with Gasteiger partial charge in [-0.1, -0.05) is 12.5 Å². The van der Waals surface area contributed by atoms with Crippen LogP contribution in [0, 0.1) is 5.82 Å². The number of rotatable bonds is 3. The zero-order valence-electron chi connectivity index (χ0n) is 14.8. The van der Waals surface area contributed by atoms with Crippen LogP contribution in [0.5, 0.6) is 0 Å². The highest BCUT2D eigenvalue weighted by Crippen LogP contribution is 2.27. The summed E-state index contributed by atoms with van der Waals surface area (Å²) in [6.45, 7) is 0.775. The van der Waals surface area contributed by atoms with Crippen molar-refractivity contribution in [2.45, 2.75) is 32.2 Å². The molecule has 4 rings (SSSR count). The van der Waals surface area contributed by atoms with E-state index in [4.69, 9.17) is 5.73 Å². The summed E-state index contributed by atoms with van der Waals surface area (Å²) in [4.78, 5) is 12.4. The molecular weight excluding hydrogens is 345 g/mol. The molecule has 3 aromatic rings. The van der Waals surface area contributed by atoms with Gasteiger partial charge in [0.25, 0.3) is 5.91 Å². The smallest absolute Gasteiger partial charge is 0.255 e. The molecule has 0 saturated heterocycles. The van der Waals surface area contributed by atoms with E-state index in [1.54, 1.807) is 30.3 Å². The Morgan fingerprint density at radius 1 is 1.11 bits per heavy atom. The second-order valence-electron chi connectivity index (χ2n) is 6.68. The summed E-state index contributed by atoms with van der Waals surface area (Å²) in [6.07, 6.45) is 4.06. The van der Waals surface area contributed by atoms with Crippen LogP contribution >= 0.6 is 0 Å². The quantitative estimate of drug-likeness (QED) is 0.694. The monoisotopic (exact) mass is 365 g/mol. The zero-order valence-corrected chi connectivity index (χ0v) is 14.8. The second-order valence-corrected chi connectivity index (χ2v) is 6.68. The number of fused-ring (bicyclic) bond motifs is 1. The zero-order chi connectivity index (χ0) is 18.8. The van der Waals surface area contributed by atoms with Crippen molar-refractivity contribution in [3.05, 3.63) is 59.7 Å². The third-order valence-electron chi connectivity index (χ3n) is 4.72. The van der Waals surface area contributed by atoms with Gasteiger partial charge in [-0.3, -0.25) is 4.79 Å². The summed E-state index contributed by atoms with van der Waals surface area (Å²) in [7, 11) is 0. The number of aromatic nitrogens is 3. The number of carbonyl (C=O) groups excluding carboxylic acids is 1. The number of amides is 1. The standard InChI is InChI=1S/C20H20FN5O/c21-17-9-8-15(23-20(27)13-5-4-6-14(22)11-13)12-16(17)19-25-24-18-7-2-1-3-10-26(18)19/h4-6,8-9,11-12H,1-3,7,10,22H2,(H,23,27). The molecule has 1 amide bonds. The number of nitrogens with one attached hydrogen (secondary N) is 1. The van der Waals surface area contributed by atoms with Crippen LogP contribution in [0.2, 0.25) is 0 Å². The number of aryl methyl sites for hydroxylation is 1. The fourth-order valence-corrected chi connectivity index (χ4v) is 3.34. The Balaban J connectivity index is 1.64. The minimum Gasteiger partial charge on any atom is -0.399 e. The number of halogens is 1. The molecule has 0 radical (unpaired) electrons. The van der Waals surface area contributed by atoms with Crippen molar-refractivity contribution in [3.63, 3.8) is 0 Å². The van der Waals surface area contributed by atoms with Gasteiger partial charge in [0, 0.05) is 29.9 Å². The highest BCUT2D eigenvalue weighted by atomic mass is 19.1. The van der Waals surface area contributed by atoms with Crippen LogP contribution in [-0.4, -0.2) is 20.7 Å². The van der Waals surface area contributed by atoms with Crippen molar-refractivity contribution < 1.29 is 9.18 Å². The van der Waals surface area contributed by atoms with Crippen molar-refractivity contribution in [3.8, 4) is 11.4 Å². The molecular formula is C20H20FN5O. The molecule has 7 heteroatoms. The van der Waals surface area contributed by atoms with Gasteiger partial charge in [-0.05, 0) is 49.2 Å². The van der Waals surface area contributed by atoms with Gasteiger partial charge in [0.15, 0.2) is 5.82 Å². The van der Waals surface area contributed by atoms with Gasteiger partial charge in [0.1, 0.15) is 11.6 Å². The number of nitrogens with zero attached hydrogens (tertiary/aromatic N) is 3. The Morgan fingerprint density at radius 2 is 2.00 bits per heavy atom. The van der Waals surface area contributed by atoms with Crippen molar-refractivity contribution >= 4 is 17.3 Å². The number of anilines is 2. The van der Waals surface area contributed by atoms with E-state index in [9.17, 15) is 9.18 Å². The number of nitrogen functional groups attached to an aromatic ring is 1. The summed E-state index contributed by atoms with van der Waals surface area (Å²) in [5, 5.41) is 11.2. The summed E-state index contributed by atoms with van der Waals surface area (Å²) in [5.74, 6) is 0.692. The van der Waals surface area contributed by atoms with E-state index in [1.807, 2.05) is 4.57 Å². The molecule has 2 heterocycles. The Kier molecular flexibility index (Phi) is 4.58. The van der Waals surface area contributed by atoms with Crippen molar-refractivity contribution in [2.24, 2.45) is 0 Å². The minimum atomic E-state index is -0.392. The molecule has 1 aromatic heterocycles. The molecule has 0 saturated carbocycles. The van der Waals surface area contributed by atoms with Crippen LogP contribution in [0.1, 0.15) is 35.4 Å². The lowest BCUT2D eigenvalue weighted by atomic mass is 10.1. The topological polar surface area (TPSA) is 85.8 Å². The fraction of sp³-hybridized carbons (Fsp3) is 0.250. The van der Waals surface area contributed by atoms with Crippen LogP contribution < -0.4 is 11.1 Å². The average Bonchev–Trinajstić information content (AvgIpc) is 2.91. The van der Waals surface area contributed by atoms with E-state index in [0.29, 0.717) is 28.3 Å². The molecule has 6 nitrogen and oxygen atoms in total. The first-order valence-electron chi connectivity index (χ1n) is 9.01. The SMILES string of the molecule is Nc1cccc(C(=O)Nc2ccc(F)c(-c3nnc4n3CCCCC4)c2)c1. The van der Waals surface area contributed by atoms with E-state index in [2.05, 4.69) is 15.5 Å². The maximum absolute atomic E-state index is 14.5.